The third-order valence-corrected chi connectivity index (χ3v) is 7.40. The van der Waals surface area contributed by atoms with Gasteiger partial charge in [0.05, 0.1) is 25.1 Å². The van der Waals surface area contributed by atoms with Crippen LogP contribution in [-0.2, 0) is 5.41 Å². The number of carbonyl (C=O) groups is 1. The molecule has 1 unspecified atom stereocenters. The van der Waals surface area contributed by atoms with Crippen LogP contribution in [0.5, 0.6) is 17.2 Å². The van der Waals surface area contributed by atoms with Crippen molar-refractivity contribution in [3.63, 3.8) is 0 Å². The first kappa shape index (κ1) is 33.6. The summed E-state index contributed by atoms with van der Waals surface area (Å²) in [5.41, 5.74) is 4.26. The van der Waals surface area contributed by atoms with E-state index in [2.05, 4.69) is 53.7 Å². The van der Waals surface area contributed by atoms with Crippen molar-refractivity contribution in [2.24, 2.45) is 0 Å². The number of hydrogen-bond donors (Lipinski definition) is 0. The van der Waals surface area contributed by atoms with Crippen LogP contribution in [0.1, 0.15) is 107 Å². The van der Waals surface area contributed by atoms with Crippen molar-refractivity contribution in [1.82, 2.24) is 0 Å². The molecule has 0 saturated carbocycles. The zero-order valence-electron chi connectivity index (χ0n) is 24.8. The smallest absolute Gasteiger partial charge is 0.186 e. The predicted molar refractivity (Wildman–Crippen MR) is 160 cm³/mol. The Morgan fingerprint density at radius 2 is 1.19 bits per heavy atom. The molecule has 0 aliphatic rings. The van der Waals surface area contributed by atoms with E-state index < -0.39 is 0 Å². The summed E-state index contributed by atoms with van der Waals surface area (Å²) in [6.07, 6.45) is 6.05. The van der Waals surface area contributed by atoms with Gasteiger partial charge < -0.3 is 14.2 Å². The van der Waals surface area contributed by atoms with E-state index in [1.54, 1.807) is 0 Å². The SMILES string of the molecule is CCCCOc1cc(OCCCC)c(PC(=O)c2c(C)cc(C(C)(C)C)cc2C)c(OCCCC)c1.[Li]. The monoisotopic (exact) mass is 521 g/mol. The number of hydrogen-bond acceptors (Lipinski definition) is 4. The molecule has 0 N–H and O–H groups in total. The van der Waals surface area contributed by atoms with Crippen LogP contribution in [0.3, 0.4) is 0 Å². The molecule has 37 heavy (non-hydrogen) atoms. The Morgan fingerprint density at radius 1 is 0.757 bits per heavy atom. The summed E-state index contributed by atoms with van der Waals surface area (Å²) in [7, 11) is -0.0923. The molecular weight excluding hydrogens is 474 g/mol. The van der Waals surface area contributed by atoms with Gasteiger partial charge in [0, 0.05) is 36.6 Å². The predicted octanol–water partition coefficient (Wildman–Crippen LogP) is 7.90. The minimum absolute atomic E-state index is 0. The van der Waals surface area contributed by atoms with Crippen molar-refractivity contribution in [3.8, 4) is 17.2 Å². The summed E-state index contributed by atoms with van der Waals surface area (Å²) >= 11 is 0. The zero-order chi connectivity index (χ0) is 26.7. The van der Waals surface area contributed by atoms with Crippen molar-refractivity contribution in [1.29, 1.82) is 0 Å². The average molecular weight is 522 g/mol. The van der Waals surface area contributed by atoms with Crippen LogP contribution in [0.15, 0.2) is 24.3 Å². The van der Waals surface area contributed by atoms with Gasteiger partial charge in [0.2, 0.25) is 0 Å². The first-order chi connectivity index (χ1) is 17.1. The van der Waals surface area contributed by atoms with Gasteiger partial charge in [-0.3, -0.25) is 4.79 Å². The number of ether oxygens (including phenoxy) is 3. The van der Waals surface area contributed by atoms with Gasteiger partial charge in [-0.2, -0.15) is 0 Å². The molecule has 6 heteroatoms. The Kier molecular flexibility index (Phi) is 15.0. The molecule has 4 nitrogen and oxygen atoms in total. The Morgan fingerprint density at radius 3 is 1.59 bits per heavy atom. The summed E-state index contributed by atoms with van der Waals surface area (Å²) < 4.78 is 18.5. The number of rotatable bonds is 15. The molecule has 0 spiro atoms. The average Bonchev–Trinajstić information content (AvgIpc) is 2.80. The standard InChI is InChI=1S/C31H47O4P.Li/c1-9-12-15-33-25-20-26(34-16-13-10-2)29(27(21-25)35-17-14-11-3)36-30(32)28-22(4)18-24(19-23(28)5)31(6,7)8;/h18-21,36H,9-17H2,1-8H3;. The molecule has 0 heterocycles. The van der Waals surface area contributed by atoms with Crippen molar-refractivity contribution in [2.75, 3.05) is 19.8 Å². The van der Waals surface area contributed by atoms with Gasteiger partial charge in [-0.05, 0) is 63.8 Å². The molecule has 0 fully saturated rings. The minimum Gasteiger partial charge on any atom is -0.493 e. The fourth-order valence-electron chi connectivity index (χ4n) is 3.92. The number of unbranched alkanes of at least 4 members (excludes halogenated alkanes) is 3. The Balaban J connectivity index is 0.00000684. The summed E-state index contributed by atoms with van der Waals surface area (Å²) in [5.74, 6) is 2.15. The maximum Gasteiger partial charge on any atom is 0.186 e. The van der Waals surface area contributed by atoms with Crippen LogP contribution >= 0.6 is 8.58 Å². The molecule has 1 radical (unpaired) electrons. The first-order valence-corrected chi connectivity index (χ1v) is 14.6. The van der Waals surface area contributed by atoms with Crippen LogP contribution in [0.25, 0.3) is 0 Å². The van der Waals surface area contributed by atoms with Crippen LogP contribution in [-0.4, -0.2) is 44.2 Å². The normalized spacial score (nSPS) is 11.5. The molecule has 2 aromatic rings. The number of aryl methyl sites for hydroxylation is 2. The molecule has 0 aliphatic carbocycles. The van der Waals surface area contributed by atoms with E-state index in [0.29, 0.717) is 31.3 Å². The quantitative estimate of drug-likeness (QED) is 0.136. The van der Waals surface area contributed by atoms with E-state index in [9.17, 15) is 4.79 Å². The molecule has 0 aromatic heterocycles. The molecule has 0 aliphatic heterocycles. The van der Waals surface area contributed by atoms with Crippen molar-refractivity contribution >= 4 is 38.3 Å². The van der Waals surface area contributed by atoms with Gasteiger partial charge in [-0.1, -0.05) is 72.9 Å². The summed E-state index contributed by atoms with van der Waals surface area (Å²) in [5, 5.41) is 0.841. The fraction of sp³-hybridized carbons (Fsp3) is 0.581. The van der Waals surface area contributed by atoms with Gasteiger partial charge in [-0.15, -0.1) is 0 Å². The molecule has 1 atom stereocenters. The topological polar surface area (TPSA) is 44.8 Å². The Labute approximate surface area is 239 Å². The van der Waals surface area contributed by atoms with Gasteiger partial charge in [-0.25, -0.2) is 0 Å². The maximum absolute atomic E-state index is 13.7. The minimum atomic E-state index is -0.0923. The second-order valence-corrected chi connectivity index (χ2v) is 11.8. The third-order valence-electron chi connectivity index (χ3n) is 6.18. The molecular formula is C31H47LiO4P. The zero-order valence-corrected chi connectivity index (χ0v) is 25.8. The van der Waals surface area contributed by atoms with Gasteiger partial charge in [0.15, 0.2) is 5.52 Å². The van der Waals surface area contributed by atoms with E-state index in [0.717, 1.165) is 66.3 Å². The molecule has 201 valence electrons. The third kappa shape index (κ3) is 10.3. The maximum atomic E-state index is 13.7. The Bertz CT molecular complexity index is 943. The van der Waals surface area contributed by atoms with Crippen molar-refractivity contribution < 1.29 is 19.0 Å². The number of benzene rings is 2. The summed E-state index contributed by atoms with van der Waals surface area (Å²) in [6, 6.07) is 8.20. The van der Waals surface area contributed by atoms with E-state index in [-0.39, 0.29) is 38.4 Å². The van der Waals surface area contributed by atoms with Crippen LogP contribution < -0.4 is 19.5 Å². The first-order valence-electron chi connectivity index (χ1n) is 13.6. The van der Waals surface area contributed by atoms with E-state index in [1.807, 2.05) is 26.0 Å². The van der Waals surface area contributed by atoms with Crippen LogP contribution in [0.2, 0.25) is 0 Å². The largest absolute Gasteiger partial charge is 0.493 e. The fourth-order valence-corrected chi connectivity index (χ4v) is 5.20. The van der Waals surface area contributed by atoms with Crippen molar-refractivity contribution in [3.05, 3.63) is 46.5 Å². The number of carbonyl (C=O) groups excluding carboxylic acids is 1. The van der Waals surface area contributed by atoms with Crippen LogP contribution in [0, 0.1) is 13.8 Å². The van der Waals surface area contributed by atoms with E-state index in [4.69, 9.17) is 14.2 Å². The second kappa shape index (κ2) is 16.5. The van der Waals surface area contributed by atoms with Gasteiger partial charge >= 0.3 is 0 Å². The summed E-state index contributed by atoms with van der Waals surface area (Å²) in [6.45, 7) is 19.0. The molecule has 2 rings (SSSR count). The molecule has 2 aromatic carbocycles. The molecule has 0 amide bonds. The summed E-state index contributed by atoms with van der Waals surface area (Å²) in [4.78, 5) is 13.7. The van der Waals surface area contributed by atoms with Crippen molar-refractivity contribution in [2.45, 2.75) is 99.3 Å². The van der Waals surface area contributed by atoms with Crippen LogP contribution in [0.4, 0.5) is 0 Å². The van der Waals surface area contributed by atoms with Gasteiger partial charge in [0.25, 0.3) is 0 Å². The van der Waals surface area contributed by atoms with Gasteiger partial charge in [0.1, 0.15) is 17.2 Å². The van der Waals surface area contributed by atoms with E-state index in [1.165, 1.54) is 5.56 Å². The molecule has 0 bridgehead atoms. The Hall–Kier alpha value is -1.46. The molecule has 0 saturated heterocycles. The van der Waals surface area contributed by atoms with E-state index >= 15 is 0 Å². The second-order valence-electron chi connectivity index (χ2n) is 10.6.